The lowest BCUT2D eigenvalue weighted by Gasteiger charge is -2.12. The van der Waals surface area contributed by atoms with E-state index >= 15 is 0 Å². The van der Waals surface area contributed by atoms with Crippen LogP contribution in [0.1, 0.15) is 33.6 Å². The number of rotatable bonds is 5. The van der Waals surface area contributed by atoms with Crippen molar-refractivity contribution in [1.29, 1.82) is 0 Å². The van der Waals surface area contributed by atoms with Crippen LogP contribution < -0.4 is 10.6 Å². The molecular formula is C19H18Cl2N2O3. The van der Waals surface area contributed by atoms with Gasteiger partial charge in [0.05, 0.1) is 16.7 Å². The van der Waals surface area contributed by atoms with Crippen LogP contribution in [-0.2, 0) is 4.74 Å². The Balaban J connectivity index is 1.64. The number of hydrogen-bond acceptors (Lipinski definition) is 3. The first kappa shape index (κ1) is 18.7. The summed E-state index contributed by atoms with van der Waals surface area (Å²) in [6.07, 6.45) is 2.06. The normalized spacial score (nSPS) is 16.3. The molecule has 0 aromatic heterocycles. The third-order valence-electron chi connectivity index (χ3n) is 4.07. The van der Waals surface area contributed by atoms with Gasteiger partial charge < -0.3 is 15.4 Å². The summed E-state index contributed by atoms with van der Waals surface area (Å²) >= 11 is 11.9. The monoisotopic (exact) mass is 392 g/mol. The van der Waals surface area contributed by atoms with Crippen molar-refractivity contribution in [3.05, 3.63) is 63.6 Å². The van der Waals surface area contributed by atoms with Gasteiger partial charge in [0.15, 0.2) is 0 Å². The molecule has 2 N–H and O–H groups in total. The van der Waals surface area contributed by atoms with Crippen LogP contribution in [-0.4, -0.2) is 31.1 Å². The average Bonchev–Trinajstić information content (AvgIpc) is 3.13. The van der Waals surface area contributed by atoms with Crippen LogP contribution in [0.2, 0.25) is 10.0 Å². The fraction of sp³-hybridized carbons (Fsp3) is 0.263. The van der Waals surface area contributed by atoms with Crippen LogP contribution in [0.15, 0.2) is 42.5 Å². The predicted octanol–water partition coefficient (Wildman–Crippen LogP) is 4.15. The third kappa shape index (κ3) is 4.75. The molecule has 0 bridgehead atoms. The molecule has 3 rings (SSSR count). The van der Waals surface area contributed by atoms with Gasteiger partial charge in [-0.2, -0.15) is 0 Å². The van der Waals surface area contributed by atoms with Gasteiger partial charge in [-0.3, -0.25) is 9.59 Å². The molecule has 1 aliphatic heterocycles. The van der Waals surface area contributed by atoms with E-state index in [9.17, 15) is 9.59 Å². The molecule has 1 atom stereocenters. The number of benzene rings is 2. The molecule has 1 heterocycles. The summed E-state index contributed by atoms with van der Waals surface area (Å²) in [5, 5.41) is 6.32. The van der Waals surface area contributed by atoms with Crippen molar-refractivity contribution >= 4 is 40.7 Å². The average molecular weight is 393 g/mol. The fourth-order valence-corrected chi connectivity index (χ4v) is 3.22. The van der Waals surface area contributed by atoms with Crippen LogP contribution >= 0.6 is 23.2 Å². The molecule has 26 heavy (non-hydrogen) atoms. The molecule has 0 aliphatic carbocycles. The summed E-state index contributed by atoms with van der Waals surface area (Å²) in [5.74, 6) is -0.579. The number of nitrogens with one attached hydrogen (secondary N) is 2. The standard InChI is InChI=1S/C19H18Cl2N2O3/c20-13-6-7-16(17(21)10-13)19(25)23-14-4-1-3-12(9-14)18(24)22-11-15-5-2-8-26-15/h1,3-4,6-7,9-10,15H,2,5,8,11H2,(H,22,24)(H,23,25)/t15-/m0/s1. The highest BCUT2D eigenvalue weighted by molar-refractivity contribution is 6.37. The Hall–Kier alpha value is -2.08. The predicted molar refractivity (Wildman–Crippen MR) is 102 cm³/mol. The fourth-order valence-electron chi connectivity index (χ4n) is 2.72. The number of hydrogen-bond donors (Lipinski definition) is 2. The lowest BCUT2D eigenvalue weighted by molar-refractivity contribution is 0.0857. The SMILES string of the molecule is O=C(NC[C@@H]1CCCO1)c1cccc(NC(=O)c2ccc(Cl)cc2Cl)c1. The Morgan fingerprint density at radius 2 is 1.96 bits per heavy atom. The smallest absolute Gasteiger partial charge is 0.257 e. The van der Waals surface area contributed by atoms with Gasteiger partial charge in [0.2, 0.25) is 0 Å². The van der Waals surface area contributed by atoms with Crippen molar-refractivity contribution in [3.8, 4) is 0 Å². The molecule has 136 valence electrons. The van der Waals surface area contributed by atoms with Crippen molar-refractivity contribution in [2.24, 2.45) is 0 Å². The van der Waals surface area contributed by atoms with E-state index in [1.54, 1.807) is 36.4 Å². The molecule has 2 aromatic carbocycles. The van der Waals surface area contributed by atoms with Crippen LogP contribution in [0.3, 0.4) is 0 Å². The molecule has 5 nitrogen and oxygen atoms in total. The van der Waals surface area contributed by atoms with E-state index in [-0.39, 0.29) is 22.9 Å². The van der Waals surface area contributed by atoms with E-state index in [4.69, 9.17) is 27.9 Å². The quantitative estimate of drug-likeness (QED) is 0.802. The Bertz CT molecular complexity index is 820. The van der Waals surface area contributed by atoms with Gasteiger partial charge >= 0.3 is 0 Å². The Kier molecular flexibility index (Phi) is 6.14. The van der Waals surface area contributed by atoms with Crippen LogP contribution in [0.5, 0.6) is 0 Å². The molecular weight excluding hydrogens is 375 g/mol. The number of halogens is 2. The van der Waals surface area contributed by atoms with E-state index in [1.165, 1.54) is 6.07 Å². The topological polar surface area (TPSA) is 67.4 Å². The summed E-state index contributed by atoms with van der Waals surface area (Å²) in [4.78, 5) is 24.7. The number of anilines is 1. The molecule has 1 saturated heterocycles. The lowest BCUT2D eigenvalue weighted by atomic mass is 10.1. The third-order valence-corrected chi connectivity index (χ3v) is 4.62. The Morgan fingerprint density at radius 3 is 2.69 bits per heavy atom. The minimum atomic E-state index is -0.372. The highest BCUT2D eigenvalue weighted by Crippen LogP contribution is 2.22. The van der Waals surface area contributed by atoms with E-state index in [1.807, 2.05) is 0 Å². The second-order valence-corrected chi connectivity index (χ2v) is 6.85. The summed E-state index contributed by atoms with van der Waals surface area (Å²) in [5.41, 5.74) is 1.28. The first-order valence-corrected chi connectivity index (χ1v) is 9.05. The molecule has 1 fully saturated rings. The van der Waals surface area contributed by atoms with Crippen LogP contribution in [0.25, 0.3) is 0 Å². The summed E-state index contributed by atoms with van der Waals surface area (Å²) < 4.78 is 5.49. The number of carbonyl (C=O) groups excluding carboxylic acids is 2. The maximum Gasteiger partial charge on any atom is 0.257 e. The minimum Gasteiger partial charge on any atom is -0.376 e. The molecule has 1 aliphatic rings. The molecule has 0 radical (unpaired) electrons. The minimum absolute atomic E-state index is 0.0777. The van der Waals surface area contributed by atoms with Gasteiger partial charge in [-0.15, -0.1) is 0 Å². The van der Waals surface area contributed by atoms with E-state index in [2.05, 4.69) is 10.6 Å². The summed E-state index contributed by atoms with van der Waals surface area (Å²) in [6, 6.07) is 11.4. The largest absolute Gasteiger partial charge is 0.376 e. The summed E-state index contributed by atoms with van der Waals surface area (Å²) in [6.45, 7) is 1.23. The van der Waals surface area contributed by atoms with Crippen LogP contribution in [0, 0.1) is 0 Å². The van der Waals surface area contributed by atoms with Crippen LogP contribution in [0.4, 0.5) is 5.69 Å². The molecule has 2 aromatic rings. The van der Waals surface area contributed by atoms with Gasteiger partial charge in [-0.1, -0.05) is 29.3 Å². The lowest BCUT2D eigenvalue weighted by Crippen LogP contribution is -2.31. The molecule has 2 amide bonds. The molecule has 0 unspecified atom stereocenters. The highest BCUT2D eigenvalue weighted by atomic mass is 35.5. The van der Waals surface area contributed by atoms with Gasteiger partial charge in [-0.05, 0) is 49.2 Å². The Morgan fingerprint density at radius 1 is 1.12 bits per heavy atom. The van der Waals surface area contributed by atoms with Gasteiger partial charge in [0, 0.05) is 29.4 Å². The highest BCUT2D eigenvalue weighted by Gasteiger charge is 2.17. The van der Waals surface area contributed by atoms with Gasteiger partial charge in [0.25, 0.3) is 11.8 Å². The van der Waals surface area contributed by atoms with Crippen molar-refractivity contribution < 1.29 is 14.3 Å². The Labute approximate surface area is 161 Å². The molecule has 0 saturated carbocycles. The summed E-state index contributed by atoms with van der Waals surface area (Å²) in [7, 11) is 0. The van der Waals surface area contributed by atoms with Crippen molar-refractivity contribution in [3.63, 3.8) is 0 Å². The second kappa shape index (κ2) is 8.54. The maximum absolute atomic E-state index is 12.4. The van der Waals surface area contributed by atoms with E-state index in [0.717, 1.165) is 19.4 Å². The number of carbonyl (C=O) groups is 2. The zero-order valence-electron chi connectivity index (χ0n) is 13.9. The van der Waals surface area contributed by atoms with E-state index < -0.39 is 0 Å². The second-order valence-electron chi connectivity index (χ2n) is 6.00. The number of amides is 2. The first-order chi connectivity index (χ1) is 12.5. The van der Waals surface area contributed by atoms with Gasteiger partial charge in [0.1, 0.15) is 0 Å². The van der Waals surface area contributed by atoms with E-state index in [0.29, 0.717) is 28.4 Å². The maximum atomic E-state index is 12.4. The zero-order chi connectivity index (χ0) is 18.5. The van der Waals surface area contributed by atoms with Gasteiger partial charge in [-0.25, -0.2) is 0 Å². The van der Waals surface area contributed by atoms with Crippen molar-refractivity contribution in [2.45, 2.75) is 18.9 Å². The van der Waals surface area contributed by atoms with Crippen molar-refractivity contribution in [2.75, 3.05) is 18.5 Å². The first-order valence-electron chi connectivity index (χ1n) is 8.29. The molecule has 0 spiro atoms. The van der Waals surface area contributed by atoms with Crippen molar-refractivity contribution in [1.82, 2.24) is 5.32 Å². The zero-order valence-corrected chi connectivity index (χ0v) is 15.4. The molecule has 7 heteroatoms. The number of ether oxygens (including phenoxy) is 1.